The Bertz CT molecular complexity index is 950. The lowest BCUT2D eigenvalue weighted by atomic mass is 10.1. The summed E-state index contributed by atoms with van der Waals surface area (Å²) in [6, 6.07) is 14.0. The molecule has 1 amide bonds. The standard InChI is InChI=1S/C21H20N2O3S/c1-14-2-5-16(6-3-14)21-23-17(12-27-21)7-9-20(24)22-11-15-4-8-18-19(10-15)26-13-25-18/h2-6,8,10,12H,7,9,11,13H2,1H3,(H,22,24). The van der Waals surface area contributed by atoms with Crippen LogP contribution in [-0.2, 0) is 17.8 Å². The van der Waals surface area contributed by atoms with E-state index >= 15 is 0 Å². The van der Waals surface area contributed by atoms with Gasteiger partial charge in [0, 0.05) is 23.9 Å². The highest BCUT2D eigenvalue weighted by Gasteiger charge is 2.13. The van der Waals surface area contributed by atoms with Crippen molar-refractivity contribution in [3.05, 3.63) is 64.7 Å². The highest BCUT2D eigenvalue weighted by atomic mass is 32.1. The van der Waals surface area contributed by atoms with Gasteiger partial charge < -0.3 is 14.8 Å². The van der Waals surface area contributed by atoms with Gasteiger partial charge in [-0.2, -0.15) is 0 Å². The van der Waals surface area contributed by atoms with Crippen molar-refractivity contribution < 1.29 is 14.3 Å². The summed E-state index contributed by atoms with van der Waals surface area (Å²) >= 11 is 1.61. The lowest BCUT2D eigenvalue weighted by molar-refractivity contribution is -0.121. The highest BCUT2D eigenvalue weighted by molar-refractivity contribution is 7.13. The minimum absolute atomic E-state index is 0.0116. The molecule has 1 N–H and O–H groups in total. The van der Waals surface area contributed by atoms with Crippen LogP contribution < -0.4 is 14.8 Å². The molecule has 0 radical (unpaired) electrons. The Kier molecular flexibility index (Phi) is 5.07. The lowest BCUT2D eigenvalue weighted by Gasteiger charge is -2.06. The number of carbonyl (C=O) groups is 1. The first-order valence-electron chi connectivity index (χ1n) is 8.84. The normalized spacial score (nSPS) is 12.2. The van der Waals surface area contributed by atoms with Crippen molar-refractivity contribution in [2.45, 2.75) is 26.3 Å². The minimum atomic E-state index is 0.0116. The van der Waals surface area contributed by atoms with Crippen molar-refractivity contribution in [2.75, 3.05) is 6.79 Å². The molecule has 2 heterocycles. The number of hydrogen-bond donors (Lipinski definition) is 1. The molecule has 0 unspecified atom stereocenters. The van der Waals surface area contributed by atoms with Crippen LogP contribution in [0.15, 0.2) is 47.8 Å². The predicted molar refractivity (Wildman–Crippen MR) is 105 cm³/mol. The fourth-order valence-electron chi connectivity index (χ4n) is 2.83. The van der Waals surface area contributed by atoms with E-state index in [2.05, 4.69) is 41.5 Å². The van der Waals surface area contributed by atoms with Crippen LogP contribution in [0.4, 0.5) is 0 Å². The van der Waals surface area contributed by atoms with E-state index in [-0.39, 0.29) is 12.7 Å². The summed E-state index contributed by atoms with van der Waals surface area (Å²) in [6.45, 7) is 2.80. The number of ether oxygens (including phenoxy) is 2. The van der Waals surface area contributed by atoms with Gasteiger partial charge in [-0.15, -0.1) is 11.3 Å². The molecule has 0 saturated heterocycles. The van der Waals surface area contributed by atoms with Crippen molar-refractivity contribution in [3.63, 3.8) is 0 Å². The molecule has 2 aromatic carbocycles. The van der Waals surface area contributed by atoms with Crippen LogP contribution in [0.3, 0.4) is 0 Å². The maximum absolute atomic E-state index is 12.1. The predicted octanol–water partition coefficient (Wildman–Crippen LogP) is 4.10. The van der Waals surface area contributed by atoms with Crippen LogP contribution in [0.2, 0.25) is 0 Å². The molecule has 5 nitrogen and oxygen atoms in total. The quantitative estimate of drug-likeness (QED) is 0.700. The van der Waals surface area contributed by atoms with Gasteiger partial charge in [-0.3, -0.25) is 4.79 Å². The van der Waals surface area contributed by atoms with Gasteiger partial charge in [0.1, 0.15) is 5.01 Å². The molecule has 6 heteroatoms. The Morgan fingerprint density at radius 2 is 1.96 bits per heavy atom. The van der Waals surface area contributed by atoms with Gasteiger partial charge in [-0.1, -0.05) is 35.9 Å². The number of thiazole rings is 1. The molecule has 138 valence electrons. The topological polar surface area (TPSA) is 60.5 Å². The first-order chi connectivity index (χ1) is 13.2. The fraction of sp³-hybridized carbons (Fsp3) is 0.238. The van der Waals surface area contributed by atoms with Gasteiger partial charge in [0.15, 0.2) is 11.5 Å². The highest BCUT2D eigenvalue weighted by Crippen LogP contribution is 2.32. The molecule has 1 aliphatic rings. The van der Waals surface area contributed by atoms with E-state index in [0.717, 1.165) is 33.3 Å². The fourth-order valence-corrected chi connectivity index (χ4v) is 3.69. The summed E-state index contributed by atoms with van der Waals surface area (Å²) in [6.07, 6.45) is 1.05. The Labute approximate surface area is 162 Å². The average molecular weight is 380 g/mol. The van der Waals surface area contributed by atoms with E-state index in [4.69, 9.17) is 9.47 Å². The second kappa shape index (κ2) is 7.80. The molecule has 0 spiro atoms. The number of nitrogens with zero attached hydrogens (tertiary/aromatic N) is 1. The van der Waals surface area contributed by atoms with Crippen LogP contribution in [0, 0.1) is 6.92 Å². The summed E-state index contributed by atoms with van der Waals surface area (Å²) in [4.78, 5) is 16.8. The van der Waals surface area contributed by atoms with Crippen molar-refractivity contribution in [2.24, 2.45) is 0 Å². The summed E-state index contributed by atoms with van der Waals surface area (Å²) in [5.41, 5.74) is 4.29. The Balaban J connectivity index is 1.27. The summed E-state index contributed by atoms with van der Waals surface area (Å²) in [7, 11) is 0. The summed E-state index contributed by atoms with van der Waals surface area (Å²) < 4.78 is 10.6. The maximum Gasteiger partial charge on any atom is 0.231 e. The molecule has 0 fully saturated rings. The molecule has 0 atom stereocenters. The van der Waals surface area contributed by atoms with Crippen LogP contribution >= 0.6 is 11.3 Å². The molecule has 0 bridgehead atoms. The Morgan fingerprint density at radius 3 is 2.81 bits per heavy atom. The Hall–Kier alpha value is -2.86. The van der Waals surface area contributed by atoms with Crippen molar-refractivity contribution in [1.29, 1.82) is 0 Å². The van der Waals surface area contributed by atoms with Crippen molar-refractivity contribution >= 4 is 17.2 Å². The first kappa shape index (κ1) is 17.5. The van der Waals surface area contributed by atoms with E-state index in [1.54, 1.807) is 11.3 Å². The van der Waals surface area contributed by atoms with Gasteiger partial charge >= 0.3 is 0 Å². The number of aryl methyl sites for hydroxylation is 2. The van der Waals surface area contributed by atoms with E-state index < -0.39 is 0 Å². The van der Waals surface area contributed by atoms with Gasteiger partial charge in [0.05, 0.1) is 5.69 Å². The zero-order valence-corrected chi connectivity index (χ0v) is 15.8. The van der Waals surface area contributed by atoms with Gasteiger partial charge in [-0.05, 0) is 31.0 Å². The molecule has 0 saturated carbocycles. The van der Waals surface area contributed by atoms with Gasteiger partial charge in [-0.25, -0.2) is 4.98 Å². The van der Waals surface area contributed by atoms with Crippen LogP contribution in [0.5, 0.6) is 11.5 Å². The molecular formula is C21H20N2O3S. The largest absolute Gasteiger partial charge is 0.454 e. The van der Waals surface area contributed by atoms with Crippen LogP contribution in [0.25, 0.3) is 10.6 Å². The third-order valence-corrected chi connectivity index (χ3v) is 5.33. The monoisotopic (exact) mass is 380 g/mol. The Morgan fingerprint density at radius 1 is 1.15 bits per heavy atom. The SMILES string of the molecule is Cc1ccc(-c2nc(CCC(=O)NCc3ccc4c(c3)OCO4)cs2)cc1. The molecule has 27 heavy (non-hydrogen) atoms. The minimum Gasteiger partial charge on any atom is -0.454 e. The number of nitrogens with one attached hydrogen (secondary N) is 1. The molecular weight excluding hydrogens is 360 g/mol. The zero-order chi connectivity index (χ0) is 18.6. The maximum atomic E-state index is 12.1. The second-order valence-corrected chi connectivity index (χ2v) is 7.33. The lowest BCUT2D eigenvalue weighted by Crippen LogP contribution is -2.23. The average Bonchev–Trinajstić information content (AvgIpc) is 3.34. The number of amides is 1. The van der Waals surface area contributed by atoms with Gasteiger partial charge in [0.25, 0.3) is 0 Å². The number of benzene rings is 2. The molecule has 3 aromatic rings. The second-order valence-electron chi connectivity index (χ2n) is 6.47. The van der Waals surface area contributed by atoms with Crippen LogP contribution in [0.1, 0.15) is 23.2 Å². The van der Waals surface area contributed by atoms with Gasteiger partial charge in [0.2, 0.25) is 12.7 Å². The summed E-state index contributed by atoms with van der Waals surface area (Å²) in [5, 5.41) is 5.96. The number of aromatic nitrogens is 1. The molecule has 4 rings (SSSR count). The van der Waals surface area contributed by atoms with E-state index in [0.29, 0.717) is 19.4 Å². The number of fused-ring (bicyclic) bond motifs is 1. The molecule has 1 aliphatic heterocycles. The molecule has 1 aromatic heterocycles. The smallest absolute Gasteiger partial charge is 0.231 e. The zero-order valence-electron chi connectivity index (χ0n) is 15.0. The van der Waals surface area contributed by atoms with E-state index in [1.165, 1.54) is 5.56 Å². The van der Waals surface area contributed by atoms with E-state index in [1.807, 2.05) is 23.6 Å². The number of rotatable bonds is 6. The third kappa shape index (κ3) is 4.28. The van der Waals surface area contributed by atoms with Crippen molar-refractivity contribution in [3.8, 4) is 22.1 Å². The van der Waals surface area contributed by atoms with E-state index in [9.17, 15) is 4.79 Å². The number of carbonyl (C=O) groups excluding carboxylic acids is 1. The third-order valence-electron chi connectivity index (χ3n) is 4.39. The molecule has 0 aliphatic carbocycles. The first-order valence-corrected chi connectivity index (χ1v) is 9.72. The van der Waals surface area contributed by atoms with Crippen molar-refractivity contribution in [1.82, 2.24) is 10.3 Å². The van der Waals surface area contributed by atoms with Crippen LogP contribution in [-0.4, -0.2) is 17.7 Å². The summed E-state index contributed by atoms with van der Waals surface area (Å²) in [5.74, 6) is 1.49. The number of hydrogen-bond acceptors (Lipinski definition) is 5.